The number of hydrogen-bond donors (Lipinski definition) is 2. The van der Waals surface area contributed by atoms with Crippen molar-refractivity contribution in [3.05, 3.63) is 23.9 Å². The summed E-state index contributed by atoms with van der Waals surface area (Å²) in [6.07, 6.45) is 0. The number of aromatic carboxylic acids is 1. The van der Waals surface area contributed by atoms with Crippen molar-refractivity contribution >= 4 is 36.6 Å². The SMILES string of the molecule is COc1ccc2[nH]c(C(=O)O)cc2c1S(=O)(=O)Cl. The van der Waals surface area contributed by atoms with Crippen molar-refractivity contribution in [1.82, 2.24) is 4.98 Å². The highest BCUT2D eigenvalue weighted by Crippen LogP contribution is 2.34. The summed E-state index contributed by atoms with van der Waals surface area (Å²) in [6, 6.07) is 4.13. The zero-order valence-corrected chi connectivity index (χ0v) is 10.7. The van der Waals surface area contributed by atoms with E-state index < -0.39 is 15.0 Å². The van der Waals surface area contributed by atoms with Gasteiger partial charge in [0.1, 0.15) is 16.3 Å². The van der Waals surface area contributed by atoms with Gasteiger partial charge in [0.15, 0.2) is 0 Å². The Morgan fingerprint density at radius 2 is 2.11 bits per heavy atom. The van der Waals surface area contributed by atoms with Gasteiger partial charge in [-0.2, -0.15) is 0 Å². The third kappa shape index (κ3) is 2.02. The van der Waals surface area contributed by atoms with Gasteiger partial charge < -0.3 is 14.8 Å². The summed E-state index contributed by atoms with van der Waals surface area (Å²) in [5, 5.41) is 9.04. The lowest BCUT2D eigenvalue weighted by molar-refractivity contribution is 0.0691. The monoisotopic (exact) mass is 289 g/mol. The molecule has 1 heterocycles. The molecule has 0 spiro atoms. The number of halogens is 1. The van der Waals surface area contributed by atoms with Crippen LogP contribution in [0, 0.1) is 0 Å². The molecule has 0 amide bonds. The molecule has 2 aromatic rings. The molecular weight excluding hydrogens is 282 g/mol. The number of H-pyrrole nitrogens is 1. The fourth-order valence-corrected chi connectivity index (χ4v) is 2.99. The van der Waals surface area contributed by atoms with Gasteiger partial charge in [-0.1, -0.05) is 0 Å². The quantitative estimate of drug-likeness (QED) is 0.840. The number of aromatic amines is 1. The average Bonchev–Trinajstić information content (AvgIpc) is 2.69. The lowest BCUT2D eigenvalue weighted by Crippen LogP contribution is -1.96. The number of methoxy groups -OCH3 is 1. The van der Waals surface area contributed by atoms with Crippen molar-refractivity contribution in [3.8, 4) is 5.75 Å². The Bertz CT molecular complexity index is 734. The molecular formula is C10H8ClNO5S. The molecule has 0 aliphatic heterocycles. The van der Waals surface area contributed by atoms with Crippen molar-refractivity contribution < 1.29 is 23.1 Å². The maximum Gasteiger partial charge on any atom is 0.352 e. The number of carbonyl (C=O) groups is 1. The van der Waals surface area contributed by atoms with E-state index in [0.29, 0.717) is 5.52 Å². The molecule has 1 aromatic heterocycles. The molecule has 0 unspecified atom stereocenters. The Morgan fingerprint density at radius 3 is 2.61 bits per heavy atom. The van der Waals surface area contributed by atoms with E-state index in [-0.39, 0.29) is 21.7 Å². The molecule has 96 valence electrons. The molecule has 8 heteroatoms. The first-order chi connectivity index (χ1) is 8.34. The summed E-state index contributed by atoms with van der Waals surface area (Å²) >= 11 is 0. The van der Waals surface area contributed by atoms with Crippen LogP contribution in [-0.4, -0.2) is 31.6 Å². The number of hydrogen-bond acceptors (Lipinski definition) is 4. The third-order valence-electron chi connectivity index (χ3n) is 2.41. The zero-order chi connectivity index (χ0) is 13.5. The molecule has 0 radical (unpaired) electrons. The molecule has 6 nitrogen and oxygen atoms in total. The predicted octanol–water partition coefficient (Wildman–Crippen LogP) is 1.80. The number of rotatable bonds is 3. The summed E-state index contributed by atoms with van der Waals surface area (Å²) in [7, 11) is 2.59. The molecule has 2 rings (SSSR count). The maximum atomic E-state index is 11.5. The van der Waals surface area contributed by atoms with Gasteiger partial charge in [-0.3, -0.25) is 0 Å². The number of nitrogens with one attached hydrogen (secondary N) is 1. The topological polar surface area (TPSA) is 96.5 Å². The van der Waals surface area contributed by atoms with Crippen LogP contribution in [0.1, 0.15) is 10.5 Å². The number of carboxylic acid groups (broad SMARTS) is 1. The van der Waals surface area contributed by atoms with Crippen LogP contribution in [0.3, 0.4) is 0 Å². The van der Waals surface area contributed by atoms with Crippen molar-refractivity contribution in [2.75, 3.05) is 7.11 Å². The summed E-state index contributed by atoms with van der Waals surface area (Å²) < 4.78 is 28.0. The fraction of sp³-hybridized carbons (Fsp3) is 0.100. The average molecular weight is 290 g/mol. The first kappa shape index (κ1) is 12.7. The van der Waals surface area contributed by atoms with Gasteiger partial charge in [0.25, 0.3) is 9.05 Å². The van der Waals surface area contributed by atoms with Gasteiger partial charge in [0.05, 0.1) is 7.11 Å². The lowest BCUT2D eigenvalue weighted by Gasteiger charge is -2.06. The van der Waals surface area contributed by atoms with Gasteiger partial charge in [-0.05, 0) is 18.2 Å². The standard InChI is InChI=1S/C10H8ClNO5S/c1-17-8-3-2-6-5(9(8)18(11,15)16)4-7(12-6)10(13)14/h2-4,12H,1H3,(H,13,14). The second-order valence-electron chi connectivity index (χ2n) is 3.48. The van der Waals surface area contributed by atoms with E-state index in [0.717, 1.165) is 0 Å². The van der Waals surface area contributed by atoms with Crippen LogP contribution >= 0.6 is 10.7 Å². The number of benzene rings is 1. The molecule has 0 aliphatic carbocycles. The first-order valence-corrected chi connectivity index (χ1v) is 7.03. The third-order valence-corrected chi connectivity index (χ3v) is 3.78. The highest BCUT2D eigenvalue weighted by molar-refractivity contribution is 8.14. The second kappa shape index (κ2) is 4.18. The normalized spacial score (nSPS) is 11.7. The lowest BCUT2D eigenvalue weighted by atomic mass is 10.2. The minimum atomic E-state index is -4.05. The van der Waals surface area contributed by atoms with Gasteiger partial charge >= 0.3 is 5.97 Å². The van der Waals surface area contributed by atoms with Crippen molar-refractivity contribution in [3.63, 3.8) is 0 Å². The van der Waals surface area contributed by atoms with Gasteiger partial charge in [0.2, 0.25) is 0 Å². The first-order valence-electron chi connectivity index (χ1n) is 4.72. The van der Waals surface area contributed by atoms with E-state index >= 15 is 0 Å². The van der Waals surface area contributed by atoms with E-state index in [1.807, 2.05) is 0 Å². The number of carboxylic acids is 1. The van der Waals surface area contributed by atoms with E-state index in [1.54, 1.807) is 0 Å². The van der Waals surface area contributed by atoms with Crippen LogP contribution < -0.4 is 4.74 Å². The summed E-state index contributed by atoms with van der Waals surface area (Å²) in [6.45, 7) is 0. The second-order valence-corrected chi connectivity index (χ2v) is 5.99. The highest BCUT2D eigenvalue weighted by Gasteiger charge is 2.22. The zero-order valence-electron chi connectivity index (χ0n) is 9.10. The van der Waals surface area contributed by atoms with Gasteiger partial charge in [-0.25, -0.2) is 13.2 Å². The van der Waals surface area contributed by atoms with E-state index in [4.69, 9.17) is 20.5 Å². The largest absolute Gasteiger partial charge is 0.495 e. The van der Waals surface area contributed by atoms with Crippen LogP contribution in [0.25, 0.3) is 10.9 Å². The fourth-order valence-electron chi connectivity index (χ4n) is 1.68. The summed E-state index contributed by atoms with van der Waals surface area (Å²) in [4.78, 5) is 13.2. The Balaban J connectivity index is 2.90. The molecule has 18 heavy (non-hydrogen) atoms. The molecule has 0 fully saturated rings. The van der Waals surface area contributed by atoms with Crippen LogP contribution in [0.5, 0.6) is 5.75 Å². The van der Waals surface area contributed by atoms with Crippen LogP contribution in [-0.2, 0) is 9.05 Å². The Hall–Kier alpha value is -1.73. The number of ether oxygens (including phenoxy) is 1. The highest BCUT2D eigenvalue weighted by atomic mass is 35.7. The number of aromatic nitrogens is 1. The van der Waals surface area contributed by atoms with Crippen molar-refractivity contribution in [2.45, 2.75) is 4.90 Å². The molecule has 0 saturated heterocycles. The van der Waals surface area contributed by atoms with E-state index in [9.17, 15) is 13.2 Å². The van der Waals surface area contributed by atoms with Crippen molar-refractivity contribution in [2.24, 2.45) is 0 Å². The number of fused-ring (bicyclic) bond motifs is 1. The van der Waals surface area contributed by atoms with Gasteiger partial charge in [0, 0.05) is 21.6 Å². The minimum absolute atomic E-state index is 0.0634. The predicted molar refractivity (Wildman–Crippen MR) is 64.8 cm³/mol. The Kier molecular flexibility index (Phi) is 2.95. The van der Waals surface area contributed by atoms with Gasteiger partial charge in [-0.15, -0.1) is 0 Å². The molecule has 0 bridgehead atoms. The molecule has 0 atom stereocenters. The Morgan fingerprint density at radius 1 is 1.44 bits per heavy atom. The minimum Gasteiger partial charge on any atom is -0.495 e. The molecule has 0 saturated carbocycles. The van der Waals surface area contributed by atoms with Crippen LogP contribution in [0.2, 0.25) is 0 Å². The van der Waals surface area contributed by atoms with E-state index in [2.05, 4.69) is 4.98 Å². The van der Waals surface area contributed by atoms with Crippen LogP contribution in [0.4, 0.5) is 0 Å². The molecule has 0 aliphatic rings. The summed E-state index contributed by atoms with van der Waals surface area (Å²) in [5.74, 6) is -1.13. The smallest absolute Gasteiger partial charge is 0.352 e. The van der Waals surface area contributed by atoms with E-state index in [1.165, 1.54) is 25.3 Å². The van der Waals surface area contributed by atoms with Crippen LogP contribution in [0.15, 0.2) is 23.1 Å². The molecule has 2 N–H and O–H groups in total. The summed E-state index contributed by atoms with van der Waals surface area (Å²) in [5.41, 5.74) is 0.229. The van der Waals surface area contributed by atoms with Crippen molar-refractivity contribution in [1.29, 1.82) is 0 Å². The maximum absolute atomic E-state index is 11.5. The molecule has 1 aromatic carbocycles. The Labute approximate surface area is 107 Å².